The van der Waals surface area contributed by atoms with Crippen LogP contribution in [0.25, 0.3) is 11.4 Å². The molecule has 88 valence electrons. The van der Waals surface area contributed by atoms with Crippen LogP contribution >= 0.6 is 12.2 Å². The summed E-state index contributed by atoms with van der Waals surface area (Å²) in [6.07, 6.45) is 0. The molecular formula is C13H15N3S. The summed E-state index contributed by atoms with van der Waals surface area (Å²) in [6.45, 7) is 4.17. The molecule has 3 nitrogen and oxygen atoms in total. The van der Waals surface area contributed by atoms with E-state index in [1.165, 1.54) is 0 Å². The Bertz CT molecular complexity index is 529. The fraction of sp³-hybridized carbons (Fsp3) is 0.231. The normalized spacial score (nSPS) is 10.8. The number of H-pyrrole nitrogens is 1. The highest BCUT2D eigenvalue weighted by atomic mass is 32.1. The van der Waals surface area contributed by atoms with Gasteiger partial charge in [-0.05, 0) is 5.92 Å². The number of thiocarbonyl (C=S) groups is 1. The third-order valence-electron chi connectivity index (χ3n) is 2.59. The highest BCUT2D eigenvalue weighted by Gasteiger charge is 2.15. The summed E-state index contributed by atoms with van der Waals surface area (Å²) in [4.78, 5) is 8.12. The lowest BCUT2D eigenvalue weighted by Crippen LogP contribution is -2.13. The maximum absolute atomic E-state index is 5.69. The van der Waals surface area contributed by atoms with Gasteiger partial charge in [0.1, 0.15) is 16.5 Å². The molecule has 0 saturated heterocycles. The highest BCUT2D eigenvalue weighted by Crippen LogP contribution is 2.22. The van der Waals surface area contributed by atoms with E-state index in [9.17, 15) is 0 Å². The van der Waals surface area contributed by atoms with Crippen LogP contribution in [0.2, 0.25) is 0 Å². The van der Waals surface area contributed by atoms with Crippen molar-refractivity contribution in [2.45, 2.75) is 19.8 Å². The van der Waals surface area contributed by atoms with Crippen molar-refractivity contribution in [3.8, 4) is 11.4 Å². The van der Waals surface area contributed by atoms with Gasteiger partial charge in [0, 0.05) is 11.3 Å². The first kappa shape index (κ1) is 11.8. The second kappa shape index (κ2) is 4.67. The lowest BCUT2D eigenvalue weighted by Gasteiger charge is -2.03. The average Bonchev–Trinajstić information content (AvgIpc) is 2.75. The molecule has 0 unspecified atom stereocenters. The number of aromatic nitrogens is 2. The quantitative estimate of drug-likeness (QED) is 0.818. The van der Waals surface area contributed by atoms with Crippen molar-refractivity contribution in [3.05, 3.63) is 41.7 Å². The Labute approximate surface area is 106 Å². The van der Waals surface area contributed by atoms with Crippen LogP contribution in [-0.4, -0.2) is 15.0 Å². The van der Waals surface area contributed by atoms with Crippen molar-refractivity contribution in [2.75, 3.05) is 0 Å². The first-order valence-electron chi connectivity index (χ1n) is 5.54. The van der Waals surface area contributed by atoms with Crippen LogP contribution in [0.15, 0.2) is 30.3 Å². The SMILES string of the molecule is CC(C)c1[nH]c(-c2ccccc2)nc1C(N)=S. The highest BCUT2D eigenvalue weighted by molar-refractivity contribution is 7.80. The molecule has 0 radical (unpaired) electrons. The number of rotatable bonds is 3. The average molecular weight is 245 g/mol. The summed E-state index contributed by atoms with van der Waals surface area (Å²) in [5.74, 6) is 1.13. The van der Waals surface area contributed by atoms with Gasteiger partial charge in [-0.25, -0.2) is 4.98 Å². The zero-order chi connectivity index (χ0) is 12.4. The Kier molecular flexibility index (Phi) is 3.24. The van der Waals surface area contributed by atoms with Crippen LogP contribution in [0, 0.1) is 0 Å². The van der Waals surface area contributed by atoms with E-state index in [1.54, 1.807) is 0 Å². The lowest BCUT2D eigenvalue weighted by molar-refractivity contribution is 0.830. The van der Waals surface area contributed by atoms with Gasteiger partial charge < -0.3 is 10.7 Å². The minimum atomic E-state index is 0.316. The molecule has 2 aromatic rings. The van der Waals surface area contributed by atoms with Crippen molar-refractivity contribution in [3.63, 3.8) is 0 Å². The summed E-state index contributed by atoms with van der Waals surface area (Å²) in [6, 6.07) is 9.95. The Balaban J connectivity index is 2.51. The van der Waals surface area contributed by atoms with Crippen LogP contribution in [0.4, 0.5) is 0 Å². The molecule has 0 saturated carbocycles. The van der Waals surface area contributed by atoms with Crippen molar-refractivity contribution in [2.24, 2.45) is 5.73 Å². The van der Waals surface area contributed by atoms with Crippen molar-refractivity contribution in [1.29, 1.82) is 0 Å². The molecule has 0 aliphatic rings. The number of nitrogens with one attached hydrogen (secondary N) is 1. The Morgan fingerprint density at radius 3 is 2.41 bits per heavy atom. The van der Waals surface area contributed by atoms with Gasteiger partial charge in [0.15, 0.2) is 0 Å². The van der Waals surface area contributed by atoms with Crippen LogP contribution in [0.3, 0.4) is 0 Å². The number of nitrogens with zero attached hydrogens (tertiary/aromatic N) is 1. The largest absolute Gasteiger partial charge is 0.388 e. The molecule has 1 aromatic carbocycles. The third kappa shape index (κ3) is 2.36. The number of hydrogen-bond donors (Lipinski definition) is 2. The van der Waals surface area contributed by atoms with E-state index in [4.69, 9.17) is 18.0 Å². The number of aromatic amines is 1. The van der Waals surface area contributed by atoms with E-state index in [0.717, 1.165) is 17.1 Å². The maximum Gasteiger partial charge on any atom is 0.138 e. The number of imidazole rings is 1. The van der Waals surface area contributed by atoms with Crippen LogP contribution in [0.1, 0.15) is 31.2 Å². The van der Waals surface area contributed by atoms with Gasteiger partial charge in [-0.15, -0.1) is 0 Å². The fourth-order valence-corrected chi connectivity index (χ4v) is 1.88. The minimum Gasteiger partial charge on any atom is -0.388 e. The monoisotopic (exact) mass is 245 g/mol. The molecule has 1 heterocycles. The van der Waals surface area contributed by atoms with Gasteiger partial charge in [0.25, 0.3) is 0 Å². The maximum atomic E-state index is 5.69. The summed E-state index contributed by atoms with van der Waals surface area (Å²) >= 11 is 5.03. The molecule has 0 aliphatic carbocycles. The van der Waals surface area contributed by atoms with Crippen molar-refractivity contribution >= 4 is 17.2 Å². The predicted molar refractivity (Wildman–Crippen MR) is 74.0 cm³/mol. The van der Waals surface area contributed by atoms with Gasteiger partial charge in [0.2, 0.25) is 0 Å². The molecule has 0 bridgehead atoms. The van der Waals surface area contributed by atoms with E-state index in [-0.39, 0.29) is 0 Å². The third-order valence-corrected chi connectivity index (χ3v) is 2.78. The van der Waals surface area contributed by atoms with Gasteiger partial charge in [-0.2, -0.15) is 0 Å². The zero-order valence-electron chi connectivity index (χ0n) is 9.90. The zero-order valence-corrected chi connectivity index (χ0v) is 10.7. The number of benzene rings is 1. The number of hydrogen-bond acceptors (Lipinski definition) is 2. The van der Waals surface area contributed by atoms with E-state index in [0.29, 0.717) is 16.6 Å². The van der Waals surface area contributed by atoms with Crippen LogP contribution < -0.4 is 5.73 Å². The van der Waals surface area contributed by atoms with Crippen molar-refractivity contribution < 1.29 is 0 Å². The molecular weight excluding hydrogens is 230 g/mol. The molecule has 0 aliphatic heterocycles. The summed E-state index contributed by atoms with van der Waals surface area (Å²) in [5, 5.41) is 0. The number of nitrogens with two attached hydrogens (primary N) is 1. The molecule has 3 N–H and O–H groups in total. The topological polar surface area (TPSA) is 54.7 Å². The summed E-state index contributed by atoms with van der Waals surface area (Å²) < 4.78 is 0. The van der Waals surface area contributed by atoms with Crippen LogP contribution in [0.5, 0.6) is 0 Å². The second-order valence-electron chi connectivity index (χ2n) is 4.23. The molecule has 0 spiro atoms. The van der Waals surface area contributed by atoms with Crippen LogP contribution in [-0.2, 0) is 0 Å². The van der Waals surface area contributed by atoms with Gasteiger partial charge >= 0.3 is 0 Å². The van der Waals surface area contributed by atoms with E-state index < -0.39 is 0 Å². The van der Waals surface area contributed by atoms with E-state index in [2.05, 4.69) is 23.8 Å². The first-order valence-corrected chi connectivity index (χ1v) is 5.95. The lowest BCUT2D eigenvalue weighted by atomic mass is 10.1. The predicted octanol–water partition coefficient (Wildman–Crippen LogP) is 2.83. The Morgan fingerprint density at radius 2 is 1.94 bits per heavy atom. The second-order valence-corrected chi connectivity index (χ2v) is 4.67. The van der Waals surface area contributed by atoms with E-state index >= 15 is 0 Å². The molecule has 4 heteroatoms. The molecule has 0 amide bonds. The molecule has 0 fully saturated rings. The van der Waals surface area contributed by atoms with Gasteiger partial charge in [-0.1, -0.05) is 56.4 Å². The molecule has 17 heavy (non-hydrogen) atoms. The smallest absolute Gasteiger partial charge is 0.138 e. The minimum absolute atomic E-state index is 0.316. The van der Waals surface area contributed by atoms with E-state index in [1.807, 2.05) is 30.3 Å². The van der Waals surface area contributed by atoms with Crippen molar-refractivity contribution in [1.82, 2.24) is 9.97 Å². The molecule has 0 atom stereocenters. The summed E-state index contributed by atoms with van der Waals surface area (Å²) in [7, 11) is 0. The molecule has 1 aromatic heterocycles. The van der Waals surface area contributed by atoms with Gasteiger partial charge in [0.05, 0.1) is 0 Å². The first-order chi connectivity index (χ1) is 8.09. The van der Waals surface area contributed by atoms with Gasteiger partial charge in [-0.3, -0.25) is 0 Å². The molecule has 2 rings (SSSR count). The standard InChI is InChI=1S/C13H15N3S/c1-8(2)10-11(12(14)17)16-13(15-10)9-6-4-3-5-7-9/h3-8H,1-2H3,(H2,14,17)(H,15,16). The Morgan fingerprint density at radius 1 is 1.29 bits per heavy atom. The summed E-state index contributed by atoms with van der Waals surface area (Å²) in [5.41, 5.74) is 8.43. The fourth-order valence-electron chi connectivity index (χ4n) is 1.73. The Hall–Kier alpha value is -1.68.